The maximum atomic E-state index is 5.95. The predicted octanol–water partition coefficient (Wildman–Crippen LogP) is 5.68. The van der Waals surface area contributed by atoms with Crippen LogP contribution < -0.4 is 4.74 Å². The molecule has 0 saturated heterocycles. The highest BCUT2D eigenvalue weighted by molar-refractivity contribution is 9.10. The van der Waals surface area contributed by atoms with Crippen LogP contribution in [-0.2, 0) is 5.33 Å². The van der Waals surface area contributed by atoms with E-state index in [2.05, 4.69) is 49.0 Å². The number of aromatic nitrogens is 1. The Morgan fingerprint density at radius 2 is 1.85 bits per heavy atom. The second-order valence-corrected chi connectivity index (χ2v) is 5.66. The summed E-state index contributed by atoms with van der Waals surface area (Å²) in [5, 5.41) is 3.01. The fourth-order valence-corrected chi connectivity index (χ4v) is 3.02. The first-order chi connectivity index (χ1) is 9.79. The van der Waals surface area contributed by atoms with Gasteiger partial charge in [0.2, 0.25) is 5.88 Å². The lowest BCUT2D eigenvalue weighted by molar-refractivity contribution is 0.456. The number of nitrogens with zero attached hydrogens (tertiary/aromatic N) is 1. The van der Waals surface area contributed by atoms with Gasteiger partial charge in [0.25, 0.3) is 0 Å². The molecule has 2 aromatic carbocycles. The van der Waals surface area contributed by atoms with E-state index in [-0.39, 0.29) is 0 Å². The molecule has 0 saturated carbocycles. The summed E-state index contributed by atoms with van der Waals surface area (Å²) >= 11 is 7.07. The minimum absolute atomic E-state index is 0.625. The molecule has 3 rings (SSSR count). The Hall–Kier alpha value is -1.39. The van der Waals surface area contributed by atoms with Crippen LogP contribution in [0.1, 0.15) is 5.56 Å². The van der Waals surface area contributed by atoms with Crippen LogP contribution in [0.3, 0.4) is 0 Å². The molecule has 0 radical (unpaired) electrons. The van der Waals surface area contributed by atoms with Crippen LogP contribution in [0.25, 0.3) is 10.8 Å². The van der Waals surface area contributed by atoms with Crippen molar-refractivity contribution in [2.45, 2.75) is 5.33 Å². The molecule has 1 heterocycles. The van der Waals surface area contributed by atoms with Crippen LogP contribution in [0.15, 0.2) is 59.2 Å². The fourth-order valence-electron chi connectivity index (χ4n) is 2.01. The third kappa shape index (κ3) is 2.58. The Morgan fingerprint density at radius 3 is 2.70 bits per heavy atom. The van der Waals surface area contributed by atoms with Crippen LogP contribution in [0.4, 0.5) is 0 Å². The average Bonchev–Trinajstić information content (AvgIpc) is 2.51. The molecule has 0 N–H and O–H groups in total. The van der Waals surface area contributed by atoms with E-state index in [1.54, 1.807) is 6.20 Å². The molecule has 2 nitrogen and oxygen atoms in total. The summed E-state index contributed by atoms with van der Waals surface area (Å²) in [6, 6.07) is 16.1. The summed E-state index contributed by atoms with van der Waals surface area (Å²) in [6.45, 7) is 0. The Labute approximate surface area is 134 Å². The number of fused-ring (bicyclic) bond motifs is 1. The Morgan fingerprint density at radius 1 is 1.00 bits per heavy atom. The molecule has 0 aliphatic rings. The first-order valence-corrected chi connectivity index (χ1v) is 8.06. The normalized spacial score (nSPS) is 10.7. The molecule has 0 unspecified atom stereocenters. The molecule has 0 aliphatic carbocycles. The van der Waals surface area contributed by atoms with Gasteiger partial charge in [-0.25, -0.2) is 4.98 Å². The third-order valence-electron chi connectivity index (χ3n) is 3.03. The topological polar surface area (TPSA) is 22.1 Å². The van der Waals surface area contributed by atoms with Gasteiger partial charge in [-0.15, -0.1) is 0 Å². The van der Waals surface area contributed by atoms with Crippen LogP contribution >= 0.6 is 31.9 Å². The largest absolute Gasteiger partial charge is 0.438 e. The number of ether oxygens (including phenoxy) is 1. The third-order valence-corrected chi connectivity index (χ3v) is 4.45. The summed E-state index contributed by atoms with van der Waals surface area (Å²) in [7, 11) is 0. The van der Waals surface area contributed by atoms with Gasteiger partial charge in [0.15, 0.2) is 0 Å². The lowest BCUT2D eigenvalue weighted by atomic mass is 10.1. The summed E-state index contributed by atoms with van der Waals surface area (Å²) in [5.41, 5.74) is 1.02. The highest BCUT2D eigenvalue weighted by Gasteiger charge is 2.10. The Bertz CT molecular complexity index is 758. The van der Waals surface area contributed by atoms with Gasteiger partial charge in [-0.2, -0.15) is 0 Å². The molecule has 0 spiro atoms. The molecule has 0 amide bonds. The first kappa shape index (κ1) is 13.6. The minimum Gasteiger partial charge on any atom is -0.438 e. The van der Waals surface area contributed by atoms with Gasteiger partial charge in [-0.3, -0.25) is 0 Å². The number of halogens is 2. The zero-order chi connectivity index (χ0) is 13.9. The zero-order valence-corrected chi connectivity index (χ0v) is 13.7. The van der Waals surface area contributed by atoms with E-state index >= 15 is 0 Å². The SMILES string of the molecule is BrCc1cccnc1Oc1ccc2ccccc2c1Br. The molecule has 0 bridgehead atoms. The van der Waals surface area contributed by atoms with E-state index in [0.29, 0.717) is 11.2 Å². The van der Waals surface area contributed by atoms with Gasteiger partial charge in [-0.1, -0.05) is 52.3 Å². The summed E-state index contributed by atoms with van der Waals surface area (Å²) in [6.07, 6.45) is 1.73. The van der Waals surface area contributed by atoms with E-state index in [4.69, 9.17) is 4.74 Å². The maximum absolute atomic E-state index is 5.95. The van der Waals surface area contributed by atoms with Crippen molar-refractivity contribution >= 4 is 42.6 Å². The molecule has 1 aromatic heterocycles. The van der Waals surface area contributed by atoms with E-state index < -0.39 is 0 Å². The Balaban J connectivity index is 2.05. The van der Waals surface area contributed by atoms with E-state index in [9.17, 15) is 0 Å². The number of alkyl halides is 1. The molecule has 0 aliphatic heterocycles. The van der Waals surface area contributed by atoms with Crippen molar-refractivity contribution in [2.75, 3.05) is 0 Å². The molecule has 20 heavy (non-hydrogen) atoms. The Kier molecular flexibility index (Phi) is 4.03. The van der Waals surface area contributed by atoms with Crippen molar-refractivity contribution in [3.63, 3.8) is 0 Å². The van der Waals surface area contributed by atoms with Gasteiger partial charge >= 0.3 is 0 Å². The summed E-state index contributed by atoms with van der Waals surface area (Å²) < 4.78 is 6.90. The monoisotopic (exact) mass is 391 g/mol. The quantitative estimate of drug-likeness (QED) is 0.534. The highest BCUT2D eigenvalue weighted by Crippen LogP contribution is 2.36. The molecule has 3 aromatic rings. The summed E-state index contributed by atoms with van der Waals surface area (Å²) in [4.78, 5) is 4.29. The highest BCUT2D eigenvalue weighted by atomic mass is 79.9. The minimum atomic E-state index is 0.625. The molecule has 0 fully saturated rings. The number of hydrogen-bond donors (Lipinski definition) is 0. The molecule has 0 atom stereocenters. The predicted molar refractivity (Wildman–Crippen MR) is 88.6 cm³/mol. The molecular weight excluding hydrogens is 382 g/mol. The number of hydrogen-bond acceptors (Lipinski definition) is 2. The standard InChI is InChI=1S/C16H11Br2NO/c17-10-12-5-3-9-19-16(12)20-14-8-7-11-4-1-2-6-13(11)15(14)18/h1-9H,10H2. The van der Waals surface area contributed by atoms with Crippen molar-refractivity contribution in [1.29, 1.82) is 0 Å². The van der Waals surface area contributed by atoms with Crippen LogP contribution in [0.5, 0.6) is 11.6 Å². The maximum Gasteiger partial charge on any atom is 0.223 e. The summed E-state index contributed by atoms with van der Waals surface area (Å²) in [5.74, 6) is 1.39. The lowest BCUT2D eigenvalue weighted by Gasteiger charge is -2.11. The van der Waals surface area contributed by atoms with Crippen LogP contribution in [0.2, 0.25) is 0 Å². The number of benzene rings is 2. The van der Waals surface area contributed by atoms with Crippen molar-refractivity contribution in [3.8, 4) is 11.6 Å². The number of pyridine rings is 1. The lowest BCUT2D eigenvalue weighted by Crippen LogP contribution is -1.93. The van der Waals surface area contributed by atoms with Gasteiger partial charge in [0, 0.05) is 17.1 Å². The molecule has 4 heteroatoms. The van der Waals surface area contributed by atoms with E-state index in [1.807, 2.05) is 36.4 Å². The van der Waals surface area contributed by atoms with Crippen molar-refractivity contribution in [3.05, 3.63) is 64.8 Å². The van der Waals surface area contributed by atoms with Gasteiger partial charge in [-0.05, 0) is 38.8 Å². The second-order valence-electron chi connectivity index (χ2n) is 4.30. The van der Waals surface area contributed by atoms with Gasteiger partial charge in [0.05, 0.1) is 4.47 Å². The van der Waals surface area contributed by atoms with Crippen molar-refractivity contribution < 1.29 is 4.74 Å². The zero-order valence-electron chi connectivity index (χ0n) is 10.5. The van der Waals surface area contributed by atoms with Gasteiger partial charge < -0.3 is 4.74 Å². The van der Waals surface area contributed by atoms with E-state index in [0.717, 1.165) is 21.2 Å². The molecular formula is C16H11Br2NO. The van der Waals surface area contributed by atoms with Crippen molar-refractivity contribution in [2.24, 2.45) is 0 Å². The van der Waals surface area contributed by atoms with Crippen molar-refractivity contribution in [1.82, 2.24) is 4.98 Å². The van der Waals surface area contributed by atoms with Crippen LogP contribution in [-0.4, -0.2) is 4.98 Å². The van der Waals surface area contributed by atoms with Gasteiger partial charge in [0.1, 0.15) is 5.75 Å². The molecule has 100 valence electrons. The first-order valence-electron chi connectivity index (χ1n) is 6.14. The smallest absolute Gasteiger partial charge is 0.223 e. The van der Waals surface area contributed by atoms with Crippen LogP contribution in [0, 0.1) is 0 Å². The van der Waals surface area contributed by atoms with E-state index in [1.165, 1.54) is 5.39 Å². The number of rotatable bonds is 3. The average molecular weight is 393 g/mol. The fraction of sp³-hybridized carbons (Fsp3) is 0.0625. The second kappa shape index (κ2) is 5.94.